The molecule has 146 valence electrons. The fourth-order valence-electron chi connectivity index (χ4n) is 3.51. The quantitative estimate of drug-likeness (QED) is 0.482. The van der Waals surface area contributed by atoms with E-state index in [9.17, 15) is 13.2 Å². The van der Waals surface area contributed by atoms with Gasteiger partial charge < -0.3 is 9.72 Å². The predicted octanol–water partition coefficient (Wildman–Crippen LogP) is 5.03. The van der Waals surface area contributed by atoms with E-state index in [4.69, 9.17) is 0 Å². The molecule has 4 aromatic rings. The zero-order valence-electron chi connectivity index (χ0n) is 15.3. The van der Waals surface area contributed by atoms with Crippen molar-refractivity contribution in [2.24, 2.45) is 0 Å². The molecule has 0 bridgehead atoms. The molecule has 0 aliphatic rings. The van der Waals surface area contributed by atoms with Crippen LogP contribution in [0.5, 0.6) is 0 Å². The van der Waals surface area contributed by atoms with Gasteiger partial charge in [-0.1, -0.05) is 0 Å². The van der Waals surface area contributed by atoms with Gasteiger partial charge in [0.2, 0.25) is 0 Å². The number of benzene rings is 1. The van der Waals surface area contributed by atoms with E-state index in [-0.39, 0.29) is 11.1 Å². The van der Waals surface area contributed by atoms with Crippen molar-refractivity contribution in [3.8, 4) is 11.1 Å². The largest absolute Gasteiger partial charge is 0.395 e. The molecular formula is C19H17F4N5. The number of halogens is 4. The summed E-state index contributed by atoms with van der Waals surface area (Å²) < 4.78 is 56.8. The van der Waals surface area contributed by atoms with Gasteiger partial charge in [0, 0.05) is 24.2 Å². The van der Waals surface area contributed by atoms with Crippen molar-refractivity contribution in [3.05, 3.63) is 47.7 Å². The first-order valence-electron chi connectivity index (χ1n) is 8.61. The van der Waals surface area contributed by atoms with E-state index in [1.807, 2.05) is 0 Å². The molecule has 3 heterocycles. The fraction of sp³-hybridized carbons (Fsp3) is 0.263. The van der Waals surface area contributed by atoms with Gasteiger partial charge in [-0.2, -0.15) is 18.3 Å². The number of nitrogens with one attached hydrogen (secondary N) is 2. The molecule has 0 radical (unpaired) electrons. The number of rotatable bonds is 3. The number of alkyl halides is 3. The lowest BCUT2D eigenvalue weighted by Crippen LogP contribution is -2.20. The zero-order valence-corrected chi connectivity index (χ0v) is 15.3. The molecule has 2 N–H and O–H groups in total. The smallest absolute Gasteiger partial charge is 0.372 e. The van der Waals surface area contributed by atoms with Crippen LogP contribution in [0.1, 0.15) is 24.0 Å². The highest BCUT2D eigenvalue weighted by atomic mass is 19.4. The highest BCUT2D eigenvalue weighted by molar-refractivity contribution is 5.98. The Morgan fingerprint density at radius 3 is 2.64 bits per heavy atom. The molecule has 28 heavy (non-hydrogen) atoms. The molecular weight excluding hydrogens is 374 g/mol. The summed E-state index contributed by atoms with van der Waals surface area (Å²) >= 11 is 0. The molecule has 1 unspecified atom stereocenters. The van der Waals surface area contributed by atoms with Crippen LogP contribution in [-0.4, -0.2) is 32.8 Å². The minimum atomic E-state index is -4.56. The molecule has 0 saturated carbocycles. The van der Waals surface area contributed by atoms with E-state index in [0.717, 1.165) is 6.92 Å². The number of aromatic amines is 1. The Hall–Kier alpha value is -3.10. The molecule has 0 aliphatic carbocycles. The van der Waals surface area contributed by atoms with Crippen LogP contribution in [0.3, 0.4) is 0 Å². The lowest BCUT2D eigenvalue weighted by Gasteiger charge is -2.20. The van der Waals surface area contributed by atoms with Crippen LogP contribution >= 0.6 is 0 Å². The summed E-state index contributed by atoms with van der Waals surface area (Å²) in [5.41, 5.74) is 1.64. The predicted molar refractivity (Wildman–Crippen MR) is 99.0 cm³/mol. The maximum Gasteiger partial charge on any atom is 0.395 e. The molecule has 5 nitrogen and oxygen atoms in total. The first kappa shape index (κ1) is 18.3. The summed E-state index contributed by atoms with van der Waals surface area (Å²) in [6, 6.07) is 3.54. The summed E-state index contributed by atoms with van der Waals surface area (Å²) in [6.45, 7) is 2.44. The van der Waals surface area contributed by atoms with Crippen LogP contribution in [0.2, 0.25) is 0 Å². The van der Waals surface area contributed by atoms with Crippen molar-refractivity contribution in [1.82, 2.24) is 19.6 Å². The van der Waals surface area contributed by atoms with Crippen LogP contribution in [0.25, 0.3) is 27.7 Å². The molecule has 1 atom stereocenters. The molecule has 0 spiro atoms. The minimum Gasteiger partial charge on any atom is -0.372 e. The van der Waals surface area contributed by atoms with Crippen molar-refractivity contribution in [2.45, 2.75) is 25.9 Å². The second kappa shape index (κ2) is 6.22. The maximum atomic E-state index is 15.1. The number of anilines is 1. The molecule has 4 rings (SSSR count). The Morgan fingerprint density at radius 2 is 1.96 bits per heavy atom. The normalized spacial score (nSPS) is 13.4. The monoisotopic (exact) mass is 391 g/mol. The Bertz CT molecular complexity index is 1190. The number of H-pyrrole nitrogens is 1. The van der Waals surface area contributed by atoms with Crippen LogP contribution in [0, 0.1) is 12.7 Å². The number of hydrogen-bond acceptors (Lipinski definition) is 3. The van der Waals surface area contributed by atoms with E-state index in [0.29, 0.717) is 28.0 Å². The highest BCUT2D eigenvalue weighted by Crippen LogP contribution is 2.43. The third kappa shape index (κ3) is 2.69. The van der Waals surface area contributed by atoms with Crippen molar-refractivity contribution in [1.29, 1.82) is 0 Å². The summed E-state index contributed by atoms with van der Waals surface area (Å²) in [5, 5.41) is 9.82. The zero-order chi connectivity index (χ0) is 20.2. The topological polar surface area (TPSA) is 58.0 Å². The first-order valence-corrected chi connectivity index (χ1v) is 8.61. The van der Waals surface area contributed by atoms with Crippen LogP contribution in [0.15, 0.2) is 30.7 Å². The minimum absolute atomic E-state index is 0.0598. The van der Waals surface area contributed by atoms with Gasteiger partial charge in [-0.25, -0.2) is 9.37 Å². The number of imidazole rings is 1. The summed E-state index contributed by atoms with van der Waals surface area (Å²) in [4.78, 5) is 4.36. The third-order valence-electron chi connectivity index (χ3n) is 5.04. The SMILES string of the molecule is CNc1cn2cc(-c3c(C)c(F)c(C(C)C(F)(F)F)c4[nH]ncc34)ccc2n1. The van der Waals surface area contributed by atoms with E-state index >= 15 is 4.39 Å². The van der Waals surface area contributed by atoms with Gasteiger partial charge in [0.1, 0.15) is 17.3 Å². The molecule has 9 heteroatoms. The summed E-state index contributed by atoms with van der Waals surface area (Å²) in [5.74, 6) is -2.17. The van der Waals surface area contributed by atoms with Gasteiger partial charge in [-0.15, -0.1) is 0 Å². The van der Waals surface area contributed by atoms with Gasteiger partial charge in [0.15, 0.2) is 0 Å². The molecule has 0 amide bonds. The van der Waals surface area contributed by atoms with E-state index in [1.54, 1.807) is 36.0 Å². The second-order valence-electron chi connectivity index (χ2n) is 6.71. The third-order valence-corrected chi connectivity index (χ3v) is 5.04. The van der Waals surface area contributed by atoms with Crippen LogP contribution in [-0.2, 0) is 0 Å². The molecule has 0 saturated heterocycles. The van der Waals surface area contributed by atoms with E-state index in [2.05, 4.69) is 20.5 Å². The second-order valence-corrected chi connectivity index (χ2v) is 6.71. The Morgan fingerprint density at radius 1 is 1.21 bits per heavy atom. The van der Waals surface area contributed by atoms with Gasteiger partial charge in [-0.05, 0) is 42.7 Å². The van der Waals surface area contributed by atoms with Gasteiger partial charge in [0.25, 0.3) is 0 Å². The van der Waals surface area contributed by atoms with Gasteiger partial charge >= 0.3 is 6.18 Å². The molecule has 0 aliphatic heterocycles. The van der Waals surface area contributed by atoms with Crippen molar-refractivity contribution in [3.63, 3.8) is 0 Å². The summed E-state index contributed by atoms with van der Waals surface area (Å²) in [6.07, 6.45) is 0.411. The number of pyridine rings is 1. The molecule has 3 aromatic heterocycles. The van der Waals surface area contributed by atoms with Gasteiger partial charge in [-0.3, -0.25) is 5.10 Å². The number of aromatic nitrogens is 4. The Kier molecular flexibility index (Phi) is 4.06. The first-order chi connectivity index (χ1) is 13.2. The van der Waals surface area contributed by atoms with Crippen LogP contribution in [0.4, 0.5) is 23.4 Å². The number of fused-ring (bicyclic) bond motifs is 2. The van der Waals surface area contributed by atoms with Gasteiger partial charge in [0.05, 0.1) is 23.8 Å². The van der Waals surface area contributed by atoms with Crippen molar-refractivity contribution >= 4 is 22.4 Å². The fourth-order valence-corrected chi connectivity index (χ4v) is 3.51. The average Bonchev–Trinajstić information content (AvgIpc) is 3.27. The Labute approximate surface area is 157 Å². The maximum absolute atomic E-state index is 15.1. The number of hydrogen-bond donors (Lipinski definition) is 2. The Balaban J connectivity index is 1.99. The lowest BCUT2D eigenvalue weighted by atomic mass is 9.89. The lowest BCUT2D eigenvalue weighted by molar-refractivity contribution is -0.146. The van der Waals surface area contributed by atoms with E-state index < -0.39 is 23.5 Å². The molecule has 0 fully saturated rings. The number of nitrogens with zero attached hydrogens (tertiary/aromatic N) is 3. The standard InChI is InChI=1S/C19H17F4N5/c1-9-15(11-4-5-14-26-13(24-3)8-28(14)7-11)12-6-25-27-18(12)16(17(9)20)10(2)19(21,22)23/h4-8,10,24H,1-3H3,(H,25,27). The average molecular weight is 391 g/mol. The van der Waals surface area contributed by atoms with Crippen molar-refractivity contribution in [2.75, 3.05) is 12.4 Å². The van der Waals surface area contributed by atoms with Crippen molar-refractivity contribution < 1.29 is 17.6 Å². The summed E-state index contributed by atoms with van der Waals surface area (Å²) in [7, 11) is 1.75. The van der Waals surface area contributed by atoms with Crippen LogP contribution < -0.4 is 5.32 Å². The highest BCUT2D eigenvalue weighted by Gasteiger charge is 2.40. The van der Waals surface area contributed by atoms with E-state index in [1.165, 1.54) is 13.1 Å². The molecule has 1 aromatic carbocycles.